The Kier molecular flexibility index (Phi) is 5.66. The second-order valence-electron chi connectivity index (χ2n) is 6.12. The molecule has 0 saturated carbocycles. The van der Waals surface area contributed by atoms with Crippen molar-refractivity contribution >= 4 is 17.4 Å². The highest BCUT2D eigenvalue weighted by molar-refractivity contribution is 5.90. The summed E-state index contributed by atoms with van der Waals surface area (Å²) in [5, 5.41) is 12.3. The Hall–Kier alpha value is -1.75. The molecule has 1 aromatic carbocycles. The van der Waals surface area contributed by atoms with Crippen LogP contribution in [0.3, 0.4) is 0 Å². The van der Waals surface area contributed by atoms with Crippen LogP contribution < -0.4 is 10.2 Å². The molecule has 1 aromatic rings. The van der Waals surface area contributed by atoms with E-state index >= 15 is 0 Å². The Balaban J connectivity index is 2.04. The summed E-state index contributed by atoms with van der Waals surface area (Å²) in [4.78, 5) is 16.5. The lowest BCUT2D eigenvalue weighted by molar-refractivity contribution is 0.107. The summed E-state index contributed by atoms with van der Waals surface area (Å²) in [5.41, 5.74) is 1.89. The molecule has 1 aliphatic rings. The van der Waals surface area contributed by atoms with Crippen LogP contribution in [0.5, 0.6) is 0 Å². The molecular formula is C17H27N3O2. The van der Waals surface area contributed by atoms with Gasteiger partial charge in [-0.3, -0.25) is 0 Å². The number of piperidine rings is 1. The minimum absolute atomic E-state index is 0.0815. The number of urea groups is 1. The normalized spacial score (nSPS) is 21.5. The van der Waals surface area contributed by atoms with Crippen molar-refractivity contribution in [1.29, 1.82) is 0 Å². The largest absolute Gasteiger partial charge is 0.396 e. The van der Waals surface area contributed by atoms with E-state index in [1.165, 1.54) is 0 Å². The highest BCUT2D eigenvalue weighted by Crippen LogP contribution is 2.23. The predicted molar refractivity (Wildman–Crippen MR) is 90.4 cm³/mol. The summed E-state index contributed by atoms with van der Waals surface area (Å²) >= 11 is 0. The van der Waals surface area contributed by atoms with Gasteiger partial charge in [0.25, 0.3) is 0 Å². The third-order valence-electron chi connectivity index (χ3n) is 4.51. The van der Waals surface area contributed by atoms with Crippen LogP contribution in [0.1, 0.15) is 26.7 Å². The van der Waals surface area contributed by atoms with Crippen molar-refractivity contribution in [2.45, 2.75) is 32.7 Å². The number of hydrogen-bond donors (Lipinski definition) is 2. The molecule has 2 N–H and O–H groups in total. The molecule has 1 heterocycles. The Labute approximate surface area is 132 Å². The number of amides is 2. The number of nitrogens with zero attached hydrogens (tertiary/aromatic N) is 2. The molecule has 0 radical (unpaired) electrons. The van der Waals surface area contributed by atoms with Crippen LogP contribution in [-0.2, 0) is 0 Å². The van der Waals surface area contributed by atoms with Gasteiger partial charge in [0.05, 0.1) is 0 Å². The van der Waals surface area contributed by atoms with E-state index in [0.717, 1.165) is 30.8 Å². The van der Waals surface area contributed by atoms with Crippen LogP contribution in [0.25, 0.3) is 0 Å². The highest BCUT2D eigenvalue weighted by atomic mass is 16.3. The quantitative estimate of drug-likeness (QED) is 0.899. The molecule has 122 valence electrons. The fraction of sp³-hybridized carbons (Fsp3) is 0.588. The molecule has 0 bridgehead atoms. The topological polar surface area (TPSA) is 55.8 Å². The molecule has 5 heteroatoms. The van der Waals surface area contributed by atoms with Gasteiger partial charge in [0.1, 0.15) is 0 Å². The lowest BCUT2D eigenvalue weighted by Crippen LogP contribution is -2.48. The van der Waals surface area contributed by atoms with Crippen LogP contribution in [0.4, 0.5) is 16.2 Å². The fourth-order valence-corrected chi connectivity index (χ4v) is 2.81. The number of benzene rings is 1. The van der Waals surface area contributed by atoms with Crippen molar-refractivity contribution in [2.24, 2.45) is 5.92 Å². The molecule has 22 heavy (non-hydrogen) atoms. The number of anilines is 2. The van der Waals surface area contributed by atoms with Gasteiger partial charge in [-0.2, -0.15) is 0 Å². The average molecular weight is 305 g/mol. The van der Waals surface area contributed by atoms with Crippen LogP contribution >= 0.6 is 0 Å². The Morgan fingerprint density at radius 2 is 2.23 bits per heavy atom. The van der Waals surface area contributed by atoms with Crippen LogP contribution in [0.2, 0.25) is 0 Å². The lowest BCUT2D eigenvalue weighted by Gasteiger charge is -2.37. The van der Waals surface area contributed by atoms with E-state index in [4.69, 9.17) is 0 Å². The van der Waals surface area contributed by atoms with Gasteiger partial charge in [0.2, 0.25) is 0 Å². The molecule has 1 saturated heterocycles. The first kappa shape index (κ1) is 16.6. The zero-order chi connectivity index (χ0) is 16.1. The van der Waals surface area contributed by atoms with Crippen molar-refractivity contribution in [3.05, 3.63) is 24.3 Å². The minimum Gasteiger partial charge on any atom is -0.396 e. The smallest absolute Gasteiger partial charge is 0.322 e. The minimum atomic E-state index is -0.0815. The van der Waals surface area contributed by atoms with E-state index in [-0.39, 0.29) is 24.6 Å². The van der Waals surface area contributed by atoms with Crippen molar-refractivity contribution in [3.63, 3.8) is 0 Å². The molecule has 2 rings (SSSR count). The number of carbonyl (C=O) groups excluding carboxylic acids is 1. The molecule has 0 aliphatic carbocycles. The summed E-state index contributed by atoms with van der Waals surface area (Å²) in [5.74, 6) is 0.194. The maximum absolute atomic E-state index is 12.5. The number of aliphatic hydroxyl groups excluding tert-OH is 1. The molecule has 5 nitrogen and oxygen atoms in total. The lowest BCUT2D eigenvalue weighted by atomic mass is 9.94. The summed E-state index contributed by atoms with van der Waals surface area (Å²) in [7, 11) is 2.03. The first-order chi connectivity index (χ1) is 10.5. The number of hydrogen-bond acceptors (Lipinski definition) is 3. The number of nitrogens with one attached hydrogen (secondary N) is 1. The summed E-state index contributed by atoms with van der Waals surface area (Å²) < 4.78 is 0. The van der Waals surface area contributed by atoms with Crippen molar-refractivity contribution in [3.8, 4) is 0 Å². The molecule has 2 unspecified atom stereocenters. The zero-order valence-electron chi connectivity index (χ0n) is 13.7. The Morgan fingerprint density at radius 1 is 1.45 bits per heavy atom. The second-order valence-corrected chi connectivity index (χ2v) is 6.12. The van der Waals surface area contributed by atoms with Crippen LogP contribution in [0, 0.1) is 5.92 Å². The van der Waals surface area contributed by atoms with Gasteiger partial charge in [-0.15, -0.1) is 0 Å². The third-order valence-corrected chi connectivity index (χ3v) is 4.51. The van der Waals surface area contributed by atoms with E-state index in [2.05, 4.69) is 24.1 Å². The Morgan fingerprint density at radius 3 is 2.91 bits per heavy atom. The maximum Gasteiger partial charge on any atom is 0.322 e. The number of likely N-dealkylation sites (tertiary alicyclic amines) is 1. The Bertz CT molecular complexity index is 506. The second kappa shape index (κ2) is 7.49. The van der Waals surface area contributed by atoms with Crippen molar-refractivity contribution < 1.29 is 9.90 Å². The fourth-order valence-electron chi connectivity index (χ4n) is 2.81. The maximum atomic E-state index is 12.5. The molecule has 1 fully saturated rings. The SMILES string of the molecule is CCN(C)c1cccc(NC(=O)N2CC(CO)CCC2C)c1. The molecule has 0 aromatic heterocycles. The monoisotopic (exact) mass is 305 g/mol. The summed E-state index contributed by atoms with van der Waals surface area (Å²) in [6.45, 7) is 5.84. The summed E-state index contributed by atoms with van der Waals surface area (Å²) in [6, 6.07) is 8.01. The number of carbonyl (C=O) groups is 1. The van der Waals surface area contributed by atoms with E-state index in [1.54, 1.807) is 0 Å². The number of aliphatic hydroxyl groups is 1. The van der Waals surface area contributed by atoms with Crippen LogP contribution in [-0.4, -0.2) is 48.8 Å². The first-order valence-corrected chi connectivity index (χ1v) is 8.04. The molecule has 0 spiro atoms. The van der Waals surface area contributed by atoms with E-state index in [9.17, 15) is 9.90 Å². The van der Waals surface area contributed by atoms with Gasteiger partial charge in [-0.05, 0) is 50.8 Å². The number of rotatable bonds is 4. The van der Waals surface area contributed by atoms with Gasteiger partial charge >= 0.3 is 6.03 Å². The highest BCUT2D eigenvalue weighted by Gasteiger charge is 2.28. The molecular weight excluding hydrogens is 278 g/mol. The van der Waals surface area contributed by atoms with Gasteiger partial charge in [-0.25, -0.2) is 4.79 Å². The standard InChI is InChI=1S/C17H27N3O2/c1-4-19(3)16-7-5-6-15(10-16)18-17(22)20-11-14(12-21)9-8-13(20)2/h5-7,10,13-14,21H,4,8-9,11-12H2,1-3H3,(H,18,22). The third kappa shape index (κ3) is 3.91. The van der Waals surface area contributed by atoms with Crippen molar-refractivity contribution in [2.75, 3.05) is 37.0 Å². The average Bonchev–Trinajstić information content (AvgIpc) is 2.54. The molecule has 2 amide bonds. The van der Waals surface area contributed by atoms with Gasteiger partial charge in [0, 0.05) is 44.2 Å². The van der Waals surface area contributed by atoms with E-state index in [1.807, 2.05) is 36.2 Å². The van der Waals surface area contributed by atoms with Gasteiger partial charge < -0.3 is 20.2 Å². The van der Waals surface area contributed by atoms with E-state index < -0.39 is 0 Å². The predicted octanol–water partition coefficient (Wildman–Crippen LogP) is 2.77. The zero-order valence-corrected chi connectivity index (χ0v) is 13.7. The van der Waals surface area contributed by atoms with Gasteiger partial charge in [-0.1, -0.05) is 6.07 Å². The van der Waals surface area contributed by atoms with Crippen molar-refractivity contribution in [1.82, 2.24) is 4.90 Å². The van der Waals surface area contributed by atoms with Crippen LogP contribution in [0.15, 0.2) is 24.3 Å². The van der Waals surface area contributed by atoms with Gasteiger partial charge in [0.15, 0.2) is 0 Å². The first-order valence-electron chi connectivity index (χ1n) is 8.04. The summed E-state index contributed by atoms with van der Waals surface area (Å²) in [6.07, 6.45) is 1.93. The molecule has 1 aliphatic heterocycles. The molecule has 2 atom stereocenters. The van der Waals surface area contributed by atoms with E-state index in [0.29, 0.717) is 6.54 Å².